The number of rotatable bonds is 5. The minimum absolute atomic E-state index is 0.0329. The molecule has 2 aromatic rings. The third-order valence-electron chi connectivity index (χ3n) is 4.51. The highest BCUT2D eigenvalue weighted by Gasteiger charge is 2.24. The predicted molar refractivity (Wildman–Crippen MR) is 96.1 cm³/mol. The zero-order valence-electron chi connectivity index (χ0n) is 14.2. The number of nitrogens with one attached hydrogen (secondary N) is 1. The number of benzene rings is 1. The minimum atomic E-state index is -0.0329. The summed E-state index contributed by atoms with van der Waals surface area (Å²) in [5, 5.41) is 3.10. The Bertz CT molecular complexity index is 695. The summed E-state index contributed by atoms with van der Waals surface area (Å²) in [6, 6.07) is 15.5. The van der Waals surface area contributed by atoms with Crippen LogP contribution in [0.4, 0.5) is 0 Å². The van der Waals surface area contributed by atoms with Gasteiger partial charge in [0.15, 0.2) is 0 Å². The standard InChI is InChI=1S/C20H23N3O2/c24-19(10-9-16-6-2-1-3-7-16)22-17-11-14-23(15-12-17)20(25)18-8-4-5-13-21-18/h1-8,13,17H,9-12,14-15H2,(H,22,24). The summed E-state index contributed by atoms with van der Waals surface area (Å²) in [7, 11) is 0. The summed E-state index contributed by atoms with van der Waals surface area (Å²) in [6.45, 7) is 1.30. The molecule has 25 heavy (non-hydrogen) atoms. The average Bonchev–Trinajstić information content (AvgIpc) is 2.68. The van der Waals surface area contributed by atoms with Crippen LogP contribution in [0.5, 0.6) is 0 Å². The molecule has 1 fully saturated rings. The first-order valence-electron chi connectivity index (χ1n) is 8.76. The van der Waals surface area contributed by atoms with E-state index in [2.05, 4.69) is 10.3 Å². The van der Waals surface area contributed by atoms with Crippen molar-refractivity contribution in [3.63, 3.8) is 0 Å². The zero-order chi connectivity index (χ0) is 17.5. The van der Waals surface area contributed by atoms with Gasteiger partial charge in [-0.1, -0.05) is 36.4 Å². The lowest BCUT2D eigenvalue weighted by atomic mass is 10.0. The van der Waals surface area contributed by atoms with E-state index in [1.165, 1.54) is 5.56 Å². The van der Waals surface area contributed by atoms with Crippen LogP contribution in [-0.2, 0) is 11.2 Å². The molecular formula is C20H23N3O2. The maximum Gasteiger partial charge on any atom is 0.272 e. The molecule has 5 heteroatoms. The maximum absolute atomic E-state index is 12.4. The van der Waals surface area contributed by atoms with Crippen LogP contribution in [0.3, 0.4) is 0 Å². The van der Waals surface area contributed by atoms with Crippen LogP contribution in [-0.4, -0.2) is 40.8 Å². The van der Waals surface area contributed by atoms with Gasteiger partial charge in [0.2, 0.25) is 5.91 Å². The minimum Gasteiger partial charge on any atom is -0.353 e. The lowest BCUT2D eigenvalue weighted by Crippen LogP contribution is -2.46. The molecular weight excluding hydrogens is 314 g/mol. The maximum atomic E-state index is 12.4. The number of piperidine rings is 1. The molecule has 3 rings (SSSR count). The second-order valence-electron chi connectivity index (χ2n) is 6.33. The number of pyridine rings is 1. The smallest absolute Gasteiger partial charge is 0.272 e. The molecule has 0 radical (unpaired) electrons. The molecule has 0 spiro atoms. The van der Waals surface area contributed by atoms with Crippen LogP contribution in [0.15, 0.2) is 54.7 Å². The normalized spacial score (nSPS) is 15.0. The topological polar surface area (TPSA) is 62.3 Å². The Hall–Kier alpha value is -2.69. The third-order valence-corrected chi connectivity index (χ3v) is 4.51. The monoisotopic (exact) mass is 337 g/mol. The van der Waals surface area contributed by atoms with E-state index < -0.39 is 0 Å². The van der Waals surface area contributed by atoms with Gasteiger partial charge >= 0.3 is 0 Å². The van der Waals surface area contributed by atoms with Gasteiger partial charge in [0.1, 0.15) is 5.69 Å². The summed E-state index contributed by atoms with van der Waals surface area (Å²) in [6.07, 6.45) is 4.46. The molecule has 1 aromatic heterocycles. The number of aryl methyl sites for hydroxylation is 1. The van der Waals surface area contributed by atoms with Gasteiger partial charge in [-0.3, -0.25) is 14.6 Å². The first kappa shape index (κ1) is 17.1. The van der Waals surface area contributed by atoms with Crippen molar-refractivity contribution >= 4 is 11.8 Å². The van der Waals surface area contributed by atoms with Crippen LogP contribution in [0.2, 0.25) is 0 Å². The lowest BCUT2D eigenvalue weighted by Gasteiger charge is -2.32. The quantitative estimate of drug-likeness (QED) is 0.911. The number of nitrogens with zero attached hydrogens (tertiary/aromatic N) is 2. The van der Waals surface area contributed by atoms with Gasteiger partial charge in [-0.2, -0.15) is 0 Å². The number of hydrogen-bond acceptors (Lipinski definition) is 3. The van der Waals surface area contributed by atoms with E-state index in [1.54, 1.807) is 18.3 Å². The van der Waals surface area contributed by atoms with Crippen LogP contribution in [0, 0.1) is 0 Å². The molecule has 0 aliphatic carbocycles. The molecule has 130 valence electrons. The van der Waals surface area contributed by atoms with Crippen molar-refractivity contribution < 1.29 is 9.59 Å². The highest BCUT2D eigenvalue weighted by atomic mass is 16.2. The number of hydrogen-bond donors (Lipinski definition) is 1. The first-order chi connectivity index (χ1) is 12.2. The third kappa shape index (κ3) is 4.89. The van der Waals surface area contributed by atoms with Crippen molar-refractivity contribution in [3.05, 3.63) is 66.0 Å². The van der Waals surface area contributed by atoms with Gasteiger partial charge < -0.3 is 10.2 Å². The SMILES string of the molecule is O=C(CCc1ccccc1)NC1CCN(C(=O)c2ccccn2)CC1. The van der Waals surface area contributed by atoms with E-state index in [9.17, 15) is 9.59 Å². The lowest BCUT2D eigenvalue weighted by molar-refractivity contribution is -0.122. The summed E-state index contributed by atoms with van der Waals surface area (Å²) >= 11 is 0. The molecule has 1 N–H and O–H groups in total. The van der Waals surface area contributed by atoms with Crippen LogP contribution in [0.1, 0.15) is 35.3 Å². The molecule has 0 unspecified atom stereocenters. The van der Waals surface area contributed by atoms with Gasteiger partial charge in [0.25, 0.3) is 5.91 Å². The fraction of sp³-hybridized carbons (Fsp3) is 0.350. The van der Waals surface area contributed by atoms with E-state index in [0.717, 1.165) is 19.3 Å². The van der Waals surface area contributed by atoms with Gasteiger partial charge in [0, 0.05) is 31.7 Å². The molecule has 1 saturated heterocycles. The Morgan fingerprint density at radius 3 is 2.44 bits per heavy atom. The largest absolute Gasteiger partial charge is 0.353 e. The summed E-state index contributed by atoms with van der Waals surface area (Å²) < 4.78 is 0. The van der Waals surface area contributed by atoms with Gasteiger partial charge in [0.05, 0.1) is 0 Å². The van der Waals surface area contributed by atoms with Crippen LogP contribution in [0.25, 0.3) is 0 Å². The first-order valence-corrected chi connectivity index (χ1v) is 8.76. The summed E-state index contributed by atoms with van der Waals surface area (Å²) in [4.78, 5) is 30.4. The second kappa shape index (κ2) is 8.42. The highest BCUT2D eigenvalue weighted by Crippen LogP contribution is 2.13. The zero-order valence-corrected chi connectivity index (χ0v) is 14.2. The van der Waals surface area contributed by atoms with Crippen LogP contribution < -0.4 is 5.32 Å². The Morgan fingerprint density at radius 1 is 1.04 bits per heavy atom. The van der Waals surface area contributed by atoms with E-state index in [-0.39, 0.29) is 17.9 Å². The van der Waals surface area contributed by atoms with Gasteiger partial charge in [-0.25, -0.2) is 0 Å². The van der Waals surface area contributed by atoms with Crippen LogP contribution >= 0.6 is 0 Å². The molecule has 0 saturated carbocycles. The van der Waals surface area contributed by atoms with Crippen molar-refractivity contribution in [2.45, 2.75) is 31.7 Å². The molecule has 1 aliphatic rings. The molecule has 5 nitrogen and oxygen atoms in total. The number of aromatic nitrogens is 1. The Labute approximate surface area is 148 Å². The van der Waals surface area contributed by atoms with E-state index in [1.807, 2.05) is 41.3 Å². The summed E-state index contributed by atoms with van der Waals surface area (Å²) in [5.41, 5.74) is 1.65. The summed E-state index contributed by atoms with van der Waals surface area (Å²) in [5.74, 6) is 0.0489. The molecule has 0 bridgehead atoms. The fourth-order valence-corrected chi connectivity index (χ4v) is 3.08. The van der Waals surface area contributed by atoms with Gasteiger partial charge in [-0.15, -0.1) is 0 Å². The number of amides is 2. The predicted octanol–water partition coefficient (Wildman–Crippen LogP) is 2.44. The van der Waals surface area contributed by atoms with Crippen molar-refractivity contribution in [1.82, 2.24) is 15.2 Å². The molecule has 0 atom stereocenters. The van der Waals surface area contributed by atoms with Crippen molar-refractivity contribution in [3.8, 4) is 0 Å². The fourth-order valence-electron chi connectivity index (χ4n) is 3.08. The van der Waals surface area contributed by atoms with Crippen molar-refractivity contribution in [1.29, 1.82) is 0 Å². The average molecular weight is 337 g/mol. The number of carbonyl (C=O) groups excluding carboxylic acids is 2. The van der Waals surface area contributed by atoms with Crippen molar-refractivity contribution in [2.24, 2.45) is 0 Å². The molecule has 2 heterocycles. The molecule has 1 aliphatic heterocycles. The highest BCUT2D eigenvalue weighted by molar-refractivity contribution is 5.92. The van der Waals surface area contributed by atoms with Gasteiger partial charge in [-0.05, 0) is 37.0 Å². The number of carbonyl (C=O) groups is 2. The molecule has 2 amide bonds. The second-order valence-corrected chi connectivity index (χ2v) is 6.33. The van der Waals surface area contributed by atoms with Crippen molar-refractivity contribution in [2.75, 3.05) is 13.1 Å². The van der Waals surface area contributed by atoms with E-state index >= 15 is 0 Å². The Morgan fingerprint density at radius 2 is 1.76 bits per heavy atom. The Kier molecular flexibility index (Phi) is 5.77. The van der Waals surface area contributed by atoms with E-state index in [0.29, 0.717) is 25.2 Å². The number of likely N-dealkylation sites (tertiary alicyclic amines) is 1. The van der Waals surface area contributed by atoms with E-state index in [4.69, 9.17) is 0 Å². The Balaban J connectivity index is 1.41. The molecule has 1 aromatic carbocycles.